The van der Waals surface area contributed by atoms with Gasteiger partial charge >= 0.3 is 0 Å². The third kappa shape index (κ3) is 3.17. The molecule has 0 bridgehead atoms. The van der Waals surface area contributed by atoms with Crippen LogP contribution in [0.25, 0.3) is 0 Å². The fraction of sp³-hybridized carbons (Fsp3) is 0.231. The zero-order chi connectivity index (χ0) is 12.1. The van der Waals surface area contributed by atoms with Crippen molar-refractivity contribution in [2.24, 2.45) is 0 Å². The Labute approximate surface area is 105 Å². The Hall–Kier alpha value is -1.61. The highest BCUT2D eigenvalue weighted by Crippen LogP contribution is 2.28. The molecule has 1 heterocycles. The van der Waals surface area contributed by atoms with Crippen molar-refractivity contribution in [2.75, 3.05) is 11.9 Å². The van der Waals surface area contributed by atoms with Crippen LogP contribution in [0.3, 0.4) is 0 Å². The summed E-state index contributed by atoms with van der Waals surface area (Å²) in [7, 11) is 0. The van der Waals surface area contributed by atoms with Gasteiger partial charge in [0.1, 0.15) is 5.75 Å². The lowest BCUT2D eigenvalue weighted by atomic mass is 10.2. The first-order valence-electron chi connectivity index (χ1n) is 5.47. The van der Waals surface area contributed by atoms with Crippen molar-refractivity contribution in [3.8, 4) is 5.75 Å². The van der Waals surface area contributed by atoms with Crippen LogP contribution in [0.15, 0.2) is 41.2 Å². The first-order chi connectivity index (χ1) is 8.29. The molecular weight excluding hydrogens is 238 g/mol. The van der Waals surface area contributed by atoms with Gasteiger partial charge in [0.2, 0.25) is 0 Å². The second kappa shape index (κ2) is 5.64. The molecule has 0 aliphatic carbocycles. The molecule has 0 unspecified atom stereocenters. The predicted molar refractivity (Wildman–Crippen MR) is 68.7 cm³/mol. The summed E-state index contributed by atoms with van der Waals surface area (Å²) in [6.07, 6.45) is 3.36. The zero-order valence-corrected chi connectivity index (χ0v) is 10.3. The molecule has 0 fully saturated rings. The standard InChI is InChI=1S/C13H14ClNO2/c1-2-17-13-4-3-11(14)7-12(13)15-8-10-5-6-16-9-10/h3-7,9,15H,2,8H2,1H3. The monoisotopic (exact) mass is 251 g/mol. The van der Waals surface area contributed by atoms with E-state index in [1.54, 1.807) is 12.5 Å². The van der Waals surface area contributed by atoms with Crippen LogP contribution in [0.2, 0.25) is 5.02 Å². The molecule has 0 spiro atoms. The fourth-order valence-corrected chi connectivity index (χ4v) is 1.68. The lowest BCUT2D eigenvalue weighted by Crippen LogP contribution is -2.02. The molecule has 0 saturated heterocycles. The SMILES string of the molecule is CCOc1ccc(Cl)cc1NCc1ccoc1. The third-order valence-electron chi connectivity index (χ3n) is 2.30. The van der Waals surface area contributed by atoms with Gasteiger partial charge in [0.25, 0.3) is 0 Å². The van der Waals surface area contributed by atoms with Crippen molar-refractivity contribution >= 4 is 17.3 Å². The highest BCUT2D eigenvalue weighted by Gasteiger charge is 2.04. The van der Waals surface area contributed by atoms with Crippen LogP contribution in [-0.4, -0.2) is 6.61 Å². The molecule has 4 heteroatoms. The maximum atomic E-state index is 5.96. The number of halogens is 1. The van der Waals surface area contributed by atoms with Gasteiger partial charge in [-0.1, -0.05) is 11.6 Å². The Balaban J connectivity index is 2.10. The van der Waals surface area contributed by atoms with E-state index in [9.17, 15) is 0 Å². The highest BCUT2D eigenvalue weighted by atomic mass is 35.5. The van der Waals surface area contributed by atoms with Crippen LogP contribution in [-0.2, 0) is 6.54 Å². The van der Waals surface area contributed by atoms with Gasteiger partial charge in [0.05, 0.1) is 24.8 Å². The summed E-state index contributed by atoms with van der Waals surface area (Å²) in [6.45, 7) is 3.26. The fourth-order valence-electron chi connectivity index (χ4n) is 1.51. The van der Waals surface area contributed by atoms with Gasteiger partial charge in [-0.15, -0.1) is 0 Å². The van der Waals surface area contributed by atoms with E-state index >= 15 is 0 Å². The number of hydrogen-bond donors (Lipinski definition) is 1. The second-order valence-corrected chi connectivity index (χ2v) is 4.00. The van der Waals surface area contributed by atoms with Crippen LogP contribution in [0, 0.1) is 0 Å². The van der Waals surface area contributed by atoms with Gasteiger partial charge in [-0.25, -0.2) is 0 Å². The third-order valence-corrected chi connectivity index (χ3v) is 2.54. The lowest BCUT2D eigenvalue weighted by molar-refractivity contribution is 0.341. The smallest absolute Gasteiger partial charge is 0.142 e. The molecular formula is C13H14ClNO2. The number of rotatable bonds is 5. The van der Waals surface area contributed by atoms with Crippen LogP contribution in [0.4, 0.5) is 5.69 Å². The molecule has 1 N–H and O–H groups in total. The van der Waals surface area contributed by atoms with Crippen molar-refractivity contribution in [1.29, 1.82) is 0 Å². The lowest BCUT2D eigenvalue weighted by Gasteiger charge is -2.12. The first-order valence-corrected chi connectivity index (χ1v) is 5.84. The largest absolute Gasteiger partial charge is 0.492 e. The van der Waals surface area contributed by atoms with E-state index in [0.717, 1.165) is 17.0 Å². The highest BCUT2D eigenvalue weighted by molar-refractivity contribution is 6.30. The number of hydrogen-bond acceptors (Lipinski definition) is 3. The van der Waals surface area contributed by atoms with Crippen molar-refractivity contribution < 1.29 is 9.15 Å². The number of benzene rings is 1. The van der Waals surface area contributed by atoms with Gasteiger partial charge in [-0.3, -0.25) is 0 Å². The molecule has 0 radical (unpaired) electrons. The van der Waals surface area contributed by atoms with Gasteiger partial charge in [0.15, 0.2) is 0 Å². The summed E-state index contributed by atoms with van der Waals surface area (Å²) < 4.78 is 10.5. The van der Waals surface area contributed by atoms with Crippen LogP contribution in [0.1, 0.15) is 12.5 Å². The number of nitrogens with one attached hydrogen (secondary N) is 1. The summed E-state index contributed by atoms with van der Waals surface area (Å²) in [5.41, 5.74) is 1.97. The Kier molecular flexibility index (Phi) is 3.94. The molecule has 17 heavy (non-hydrogen) atoms. The summed E-state index contributed by atoms with van der Waals surface area (Å²) in [6, 6.07) is 7.45. The maximum Gasteiger partial charge on any atom is 0.142 e. The predicted octanol–water partition coefficient (Wildman–Crippen LogP) is 3.94. The molecule has 1 aromatic heterocycles. The van der Waals surface area contributed by atoms with Crippen molar-refractivity contribution in [3.05, 3.63) is 47.4 Å². The van der Waals surface area contributed by atoms with Gasteiger partial charge in [-0.2, -0.15) is 0 Å². The van der Waals surface area contributed by atoms with E-state index in [1.807, 2.05) is 31.2 Å². The molecule has 3 nitrogen and oxygen atoms in total. The molecule has 0 aliphatic rings. The van der Waals surface area contributed by atoms with Gasteiger partial charge in [0, 0.05) is 17.1 Å². The topological polar surface area (TPSA) is 34.4 Å². The summed E-state index contributed by atoms with van der Waals surface area (Å²) >= 11 is 5.96. The molecule has 2 aromatic rings. The average molecular weight is 252 g/mol. The molecule has 90 valence electrons. The molecule has 0 saturated carbocycles. The van der Waals surface area contributed by atoms with E-state index in [0.29, 0.717) is 18.2 Å². The van der Waals surface area contributed by atoms with E-state index in [4.69, 9.17) is 20.8 Å². The van der Waals surface area contributed by atoms with E-state index in [-0.39, 0.29) is 0 Å². The van der Waals surface area contributed by atoms with E-state index in [1.165, 1.54) is 0 Å². The molecule has 0 amide bonds. The Morgan fingerprint density at radius 1 is 1.35 bits per heavy atom. The van der Waals surface area contributed by atoms with Gasteiger partial charge < -0.3 is 14.5 Å². The summed E-state index contributed by atoms with van der Waals surface area (Å²) in [4.78, 5) is 0. The van der Waals surface area contributed by atoms with Crippen LogP contribution < -0.4 is 10.1 Å². The molecule has 1 aromatic carbocycles. The molecule has 2 rings (SSSR count). The summed E-state index contributed by atoms with van der Waals surface area (Å²) in [5, 5.41) is 3.96. The Morgan fingerprint density at radius 3 is 2.94 bits per heavy atom. The van der Waals surface area contributed by atoms with E-state index < -0.39 is 0 Å². The molecule has 0 aliphatic heterocycles. The van der Waals surface area contributed by atoms with Gasteiger partial charge in [-0.05, 0) is 31.2 Å². The maximum absolute atomic E-state index is 5.96. The van der Waals surface area contributed by atoms with Crippen molar-refractivity contribution in [3.63, 3.8) is 0 Å². The first kappa shape index (κ1) is 11.9. The zero-order valence-electron chi connectivity index (χ0n) is 9.57. The minimum atomic E-state index is 0.627. The minimum absolute atomic E-state index is 0.627. The average Bonchev–Trinajstić information content (AvgIpc) is 2.82. The van der Waals surface area contributed by atoms with Crippen LogP contribution in [0.5, 0.6) is 5.75 Å². The van der Waals surface area contributed by atoms with E-state index in [2.05, 4.69) is 5.32 Å². The van der Waals surface area contributed by atoms with Crippen molar-refractivity contribution in [2.45, 2.75) is 13.5 Å². The quantitative estimate of drug-likeness (QED) is 0.874. The van der Waals surface area contributed by atoms with Crippen molar-refractivity contribution in [1.82, 2.24) is 0 Å². The Morgan fingerprint density at radius 2 is 2.24 bits per heavy atom. The van der Waals surface area contributed by atoms with Crippen LogP contribution >= 0.6 is 11.6 Å². The number of anilines is 1. The number of ether oxygens (including phenoxy) is 1. The molecule has 0 atom stereocenters. The number of furan rings is 1. The second-order valence-electron chi connectivity index (χ2n) is 3.56. The Bertz CT molecular complexity index is 468. The minimum Gasteiger partial charge on any atom is -0.492 e. The normalized spacial score (nSPS) is 10.2. The summed E-state index contributed by atoms with van der Waals surface area (Å²) in [5.74, 6) is 0.806.